The number of unbranched alkanes of at least 4 members (excludes halogenated alkanes) is 53. The molecule has 0 aliphatic heterocycles. The summed E-state index contributed by atoms with van der Waals surface area (Å²) in [4.78, 5) is 24.6. The van der Waals surface area contributed by atoms with Crippen LogP contribution in [0.1, 0.15) is 399 Å². The molecule has 76 heavy (non-hydrogen) atoms. The predicted octanol–water partition coefficient (Wildman–Crippen LogP) is 22.4. The number of nitrogens with one attached hydrogen (secondary N) is 1. The Hall–Kier alpha value is -1.40. The minimum Gasteiger partial charge on any atom is -0.466 e. The van der Waals surface area contributed by atoms with Crippen LogP contribution in [0.4, 0.5) is 0 Å². The molecule has 0 heterocycles. The molecule has 1 amide bonds. The fourth-order valence-corrected chi connectivity index (χ4v) is 11.2. The molecule has 0 aliphatic carbocycles. The van der Waals surface area contributed by atoms with Gasteiger partial charge >= 0.3 is 5.97 Å². The Balaban J connectivity index is 3.35. The number of amides is 1. The van der Waals surface area contributed by atoms with Gasteiger partial charge in [-0.25, -0.2) is 0 Å². The molecule has 0 saturated heterocycles. The van der Waals surface area contributed by atoms with E-state index >= 15 is 0 Å². The van der Waals surface area contributed by atoms with Gasteiger partial charge in [0.1, 0.15) is 0 Å². The fraction of sp³-hybridized carbons (Fsp3) is 0.943. The van der Waals surface area contributed by atoms with E-state index in [1.807, 2.05) is 0 Å². The highest BCUT2D eigenvalue weighted by molar-refractivity contribution is 5.76. The van der Waals surface area contributed by atoms with Gasteiger partial charge in [0.05, 0.1) is 25.4 Å². The van der Waals surface area contributed by atoms with Gasteiger partial charge in [-0.1, -0.05) is 347 Å². The van der Waals surface area contributed by atoms with Crippen LogP contribution in [0.15, 0.2) is 12.2 Å². The maximum atomic E-state index is 12.5. The summed E-state index contributed by atoms with van der Waals surface area (Å²) in [5, 5.41) is 23.3. The first-order valence-electron chi connectivity index (χ1n) is 34.9. The van der Waals surface area contributed by atoms with Crippen molar-refractivity contribution in [3.8, 4) is 0 Å². The predicted molar refractivity (Wildman–Crippen MR) is 333 cm³/mol. The molecule has 0 fully saturated rings. The largest absolute Gasteiger partial charge is 0.466 e. The normalized spacial score (nSPS) is 12.5. The minimum absolute atomic E-state index is 0.0195. The molecule has 0 aliphatic rings. The molecule has 0 aromatic heterocycles. The number of hydrogen-bond donors (Lipinski definition) is 3. The van der Waals surface area contributed by atoms with E-state index in [-0.39, 0.29) is 18.5 Å². The van der Waals surface area contributed by atoms with Crippen molar-refractivity contribution in [1.29, 1.82) is 0 Å². The first kappa shape index (κ1) is 74.6. The summed E-state index contributed by atoms with van der Waals surface area (Å²) in [5.41, 5.74) is 0. The standard InChI is InChI=1S/C70H137NO5/c1-3-5-7-9-11-13-15-17-18-35-39-42-46-50-54-58-62-68(73)67(66-72)71-69(74)63-59-55-51-47-43-40-36-33-31-29-27-25-23-21-19-20-22-24-26-28-30-32-34-37-41-45-49-53-57-61-65-76-70(75)64-60-56-52-48-44-38-16-14-12-10-8-6-4-2/h20,22,67-68,72-73H,3-19,21,23-66H2,1-2H3,(H,71,74)/b22-20-. The van der Waals surface area contributed by atoms with Crippen LogP contribution in [0.3, 0.4) is 0 Å². The van der Waals surface area contributed by atoms with Crippen molar-refractivity contribution in [3.63, 3.8) is 0 Å². The molecule has 452 valence electrons. The number of rotatable bonds is 66. The summed E-state index contributed by atoms with van der Waals surface area (Å²) >= 11 is 0. The van der Waals surface area contributed by atoms with Crippen LogP contribution in [0, 0.1) is 0 Å². The molecule has 0 aromatic rings. The van der Waals surface area contributed by atoms with E-state index in [9.17, 15) is 19.8 Å². The molecule has 2 atom stereocenters. The molecular formula is C70H137NO5. The van der Waals surface area contributed by atoms with E-state index in [2.05, 4.69) is 31.3 Å². The van der Waals surface area contributed by atoms with Crippen LogP contribution in [-0.2, 0) is 14.3 Å². The Bertz CT molecular complexity index is 1140. The van der Waals surface area contributed by atoms with Gasteiger partial charge in [-0.3, -0.25) is 9.59 Å². The van der Waals surface area contributed by atoms with Crippen LogP contribution >= 0.6 is 0 Å². The highest BCUT2D eigenvalue weighted by Gasteiger charge is 2.20. The second kappa shape index (κ2) is 66.1. The van der Waals surface area contributed by atoms with Gasteiger partial charge in [-0.05, 0) is 51.4 Å². The Morgan fingerprint density at radius 1 is 0.355 bits per heavy atom. The van der Waals surface area contributed by atoms with E-state index in [4.69, 9.17) is 4.74 Å². The molecule has 0 spiro atoms. The lowest BCUT2D eigenvalue weighted by Crippen LogP contribution is -2.45. The van der Waals surface area contributed by atoms with E-state index in [0.717, 1.165) is 38.5 Å². The van der Waals surface area contributed by atoms with E-state index in [1.165, 1.54) is 327 Å². The number of carbonyl (C=O) groups excluding carboxylic acids is 2. The highest BCUT2D eigenvalue weighted by atomic mass is 16.5. The molecule has 0 radical (unpaired) electrons. The van der Waals surface area contributed by atoms with Crippen LogP contribution < -0.4 is 5.32 Å². The van der Waals surface area contributed by atoms with Gasteiger partial charge in [0, 0.05) is 12.8 Å². The molecule has 0 saturated carbocycles. The van der Waals surface area contributed by atoms with Crippen LogP contribution in [0.5, 0.6) is 0 Å². The lowest BCUT2D eigenvalue weighted by Gasteiger charge is -2.22. The topological polar surface area (TPSA) is 95.9 Å². The van der Waals surface area contributed by atoms with E-state index in [0.29, 0.717) is 25.9 Å². The van der Waals surface area contributed by atoms with Crippen molar-refractivity contribution in [1.82, 2.24) is 5.32 Å². The molecule has 0 aromatic carbocycles. The van der Waals surface area contributed by atoms with Crippen LogP contribution in [0.25, 0.3) is 0 Å². The Morgan fingerprint density at radius 2 is 0.618 bits per heavy atom. The SMILES string of the molecule is CCCCCCCCCCCCCCCCCCC(O)C(CO)NC(=O)CCCCCCCCCCCCCCCC/C=C\CCCCCCCCCCCCCCOC(=O)CCCCCCCCCCCCCCC. The average molecular weight is 1070 g/mol. The second-order valence-corrected chi connectivity index (χ2v) is 24.2. The average Bonchev–Trinajstić information content (AvgIpc) is 3.42. The summed E-state index contributed by atoms with van der Waals surface area (Å²) in [5.74, 6) is -0.0103. The summed E-state index contributed by atoms with van der Waals surface area (Å²) < 4.78 is 5.49. The smallest absolute Gasteiger partial charge is 0.305 e. The third-order valence-electron chi connectivity index (χ3n) is 16.6. The molecule has 0 rings (SSSR count). The summed E-state index contributed by atoms with van der Waals surface area (Å²) in [6, 6.07) is -0.539. The highest BCUT2D eigenvalue weighted by Crippen LogP contribution is 2.19. The van der Waals surface area contributed by atoms with E-state index < -0.39 is 12.1 Å². The number of hydrogen-bond acceptors (Lipinski definition) is 5. The van der Waals surface area contributed by atoms with Crippen molar-refractivity contribution < 1.29 is 24.5 Å². The third-order valence-corrected chi connectivity index (χ3v) is 16.6. The molecule has 6 heteroatoms. The monoisotopic (exact) mass is 1070 g/mol. The number of esters is 1. The maximum Gasteiger partial charge on any atom is 0.305 e. The molecular weight excluding hydrogens is 935 g/mol. The van der Waals surface area contributed by atoms with Crippen LogP contribution in [-0.4, -0.2) is 47.4 Å². The van der Waals surface area contributed by atoms with Crippen molar-refractivity contribution >= 4 is 11.9 Å². The minimum atomic E-state index is -0.662. The molecule has 6 nitrogen and oxygen atoms in total. The first-order chi connectivity index (χ1) is 37.5. The quantitative estimate of drug-likeness (QED) is 0.0320. The van der Waals surface area contributed by atoms with Gasteiger partial charge in [0.25, 0.3) is 0 Å². The lowest BCUT2D eigenvalue weighted by molar-refractivity contribution is -0.143. The van der Waals surface area contributed by atoms with E-state index in [1.54, 1.807) is 0 Å². The Kier molecular flexibility index (Phi) is 64.9. The maximum absolute atomic E-state index is 12.5. The van der Waals surface area contributed by atoms with Crippen LogP contribution in [0.2, 0.25) is 0 Å². The van der Waals surface area contributed by atoms with Gasteiger partial charge in [-0.15, -0.1) is 0 Å². The summed E-state index contributed by atoms with van der Waals surface area (Å²) in [6.07, 6.45) is 81.2. The second-order valence-electron chi connectivity index (χ2n) is 24.2. The number of aliphatic hydroxyl groups excluding tert-OH is 2. The zero-order chi connectivity index (χ0) is 55.0. The number of aliphatic hydroxyl groups is 2. The van der Waals surface area contributed by atoms with Crippen molar-refractivity contribution in [2.45, 2.75) is 411 Å². The third kappa shape index (κ3) is 61.8. The number of carbonyl (C=O) groups is 2. The number of allylic oxidation sites excluding steroid dienone is 2. The summed E-state index contributed by atoms with van der Waals surface area (Å²) in [6.45, 7) is 4.99. The molecule has 3 N–H and O–H groups in total. The van der Waals surface area contributed by atoms with Crippen molar-refractivity contribution in [3.05, 3.63) is 12.2 Å². The fourth-order valence-electron chi connectivity index (χ4n) is 11.2. The van der Waals surface area contributed by atoms with Gasteiger partial charge in [-0.2, -0.15) is 0 Å². The van der Waals surface area contributed by atoms with Crippen molar-refractivity contribution in [2.75, 3.05) is 13.2 Å². The Labute approximate surface area is 476 Å². The lowest BCUT2D eigenvalue weighted by atomic mass is 10.0. The first-order valence-corrected chi connectivity index (χ1v) is 34.9. The number of ether oxygens (including phenoxy) is 1. The van der Waals surface area contributed by atoms with Gasteiger partial charge in [0.15, 0.2) is 0 Å². The zero-order valence-electron chi connectivity index (χ0n) is 51.8. The van der Waals surface area contributed by atoms with Gasteiger partial charge < -0.3 is 20.3 Å². The summed E-state index contributed by atoms with van der Waals surface area (Å²) in [7, 11) is 0. The Morgan fingerprint density at radius 3 is 0.934 bits per heavy atom. The zero-order valence-corrected chi connectivity index (χ0v) is 51.8. The van der Waals surface area contributed by atoms with Gasteiger partial charge in [0.2, 0.25) is 5.91 Å². The molecule has 0 bridgehead atoms. The molecule has 2 unspecified atom stereocenters. The van der Waals surface area contributed by atoms with Crippen molar-refractivity contribution in [2.24, 2.45) is 0 Å².